The fraction of sp³-hybridized carbons (Fsp3) is 0.154. The van der Waals surface area contributed by atoms with Gasteiger partial charge in [-0.15, -0.1) is 0 Å². The number of hydrazone groups is 1. The minimum atomic E-state index is -0.683. The number of aryl methyl sites for hydroxylation is 1. The molecule has 8 nitrogen and oxygen atoms in total. The Labute approximate surface area is 132 Å². The molecule has 0 unspecified atom stereocenters. The highest BCUT2D eigenvalue weighted by atomic mass is 79.9. The maximum absolute atomic E-state index is 11.6. The van der Waals surface area contributed by atoms with Gasteiger partial charge in [0.15, 0.2) is 0 Å². The molecule has 0 spiro atoms. The second-order valence-electron chi connectivity index (χ2n) is 4.30. The van der Waals surface area contributed by atoms with Crippen LogP contribution >= 0.6 is 15.9 Å². The molecular weight excluding hydrogens is 354 g/mol. The van der Waals surface area contributed by atoms with Crippen molar-refractivity contribution in [1.82, 2.24) is 20.6 Å². The fourth-order valence-electron chi connectivity index (χ4n) is 1.60. The van der Waals surface area contributed by atoms with E-state index in [-0.39, 0.29) is 24.4 Å². The van der Waals surface area contributed by atoms with E-state index in [0.717, 1.165) is 10.0 Å². The van der Waals surface area contributed by atoms with Gasteiger partial charge >= 0.3 is 5.69 Å². The first-order valence-corrected chi connectivity index (χ1v) is 7.09. The number of aromatic nitrogens is 3. The van der Waals surface area contributed by atoms with Crippen molar-refractivity contribution < 1.29 is 4.79 Å². The topological polar surface area (TPSA) is 120 Å². The molecule has 0 radical (unpaired) electrons. The first-order valence-electron chi connectivity index (χ1n) is 6.30. The van der Waals surface area contributed by atoms with Crippen molar-refractivity contribution in [2.45, 2.75) is 12.8 Å². The van der Waals surface area contributed by atoms with Crippen LogP contribution in [0.3, 0.4) is 0 Å². The van der Waals surface area contributed by atoms with Gasteiger partial charge in [-0.1, -0.05) is 28.1 Å². The van der Waals surface area contributed by atoms with E-state index in [2.05, 4.69) is 36.7 Å². The number of nitrogens with one attached hydrogen (secondary N) is 3. The van der Waals surface area contributed by atoms with Gasteiger partial charge in [0.25, 0.3) is 5.56 Å². The Kier molecular flexibility index (Phi) is 5.37. The summed E-state index contributed by atoms with van der Waals surface area (Å²) in [5.74, 6) is -0.362. The van der Waals surface area contributed by atoms with Crippen molar-refractivity contribution in [2.24, 2.45) is 5.10 Å². The van der Waals surface area contributed by atoms with E-state index in [1.165, 1.54) is 6.21 Å². The van der Waals surface area contributed by atoms with Gasteiger partial charge in [-0.2, -0.15) is 10.2 Å². The summed E-state index contributed by atoms with van der Waals surface area (Å²) in [5.41, 5.74) is 1.98. The molecule has 0 fully saturated rings. The highest BCUT2D eigenvalue weighted by molar-refractivity contribution is 9.10. The number of benzene rings is 1. The maximum atomic E-state index is 11.6. The van der Waals surface area contributed by atoms with Crippen LogP contribution in [0.5, 0.6) is 0 Å². The number of hydrogen-bond acceptors (Lipinski definition) is 5. The molecule has 1 aromatic heterocycles. The zero-order chi connectivity index (χ0) is 15.9. The van der Waals surface area contributed by atoms with Gasteiger partial charge in [-0.05, 0) is 17.7 Å². The molecule has 0 saturated carbocycles. The summed E-state index contributed by atoms with van der Waals surface area (Å²) in [6, 6.07) is 7.41. The van der Waals surface area contributed by atoms with Crippen LogP contribution in [-0.4, -0.2) is 27.3 Å². The van der Waals surface area contributed by atoms with Gasteiger partial charge in [0, 0.05) is 17.3 Å². The minimum Gasteiger partial charge on any atom is -0.273 e. The van der Waals surface area contributed by atoms with Crippen LogP contribution in [-0.2, 0) is 11.2 Å². The second-order valence-corrected chi connectivity index (χ2v) is 5.22. The van der Waals surface area contributed by atoms with Gasteiger partial charge < -0.3 is 0 Å². The molecular formula is C13H12BrN5O3. The van der Waals surface area contributed by atoms with Crippen LogP contribution in [0.1, 0.15) is 17.7 Å². The molecule has 0 aliphatic carbocycles. The van der Waals surface area contributed by atoms with E-state index in [0.29, 0.717) is 0 Å². The normalized spacial score (nSPS) is 10.8. The van der Waals surface area contributed by atoms with Crippen molar-refractivity contribution in [2.75, 3.05) is 0 Å². The van der Waals surface area contributed by atoms with Crippen molar-refractivity contribution in [3.8, 4) is 0 Å². The minimum absolute atomic E-state index is 0.0257. The molecule has 0 bridgehead atoms. The Hall–Kier alpha value is -2.55. The molecule has 1 heterocycles. The molecule has 22 heavy (non-hydrogen) atoms. The number of nitrogens with zero attached hydrogens (tertiary/aromatic N) is 2. The summed E-state index contributed by atoms with van der Waals surface area (Å²) in [4.78, 5) is 35.8. The molecule has 1 amide bonds. The second kappa shape index (κ2) is 7.46. The molecule has 0 atom stereocenters. The van der Waals surface area contributed by atoms with E-state index < -0.39 is 11.2 Å². The third kappa shape index (κ3) is 4.77. The molecule has 2 rings (SSSR count). The lowest BCUT2D eigenvalue weighted by Gasteiger charge is -1.99. The number of aromatic amines is 2. The lowest BCUT2D eigenvalue weighted by Crippen LogP contribution is -2.28. The molecule has 0 aliphatic heterocycles. The summed E-state index contributed by atoms with van der Waals surface area (Å²) in [6.07, 6.45) is 1.63. The van der Waals surface area contributed by atoms with E-state index in [1.54, 1.807) is 0 Å². The summed E-state index contributed by atoms with van der Waals surface area (Å²) in [6.45, 7) is 0. The Morgan fingerprint density at radius 1 is 1.41 bits per heavy atom. The summed E-state index contributed by atoms with van der Waals surface area (Å²) in [5, 5.41) is 9.51. The molecule has 9 heteroatoms. The largest absolute Gasteiger partial charge is 0.342 e. The molecule has 3 N–H and O–H groups in total. The van der Waals surface area contributed by atoms with Crippen LogP contribution in [0.4, 0.5) is 0 Å². The molecule has 114 valence electrons. The smallest absolute Gasteiger partial charge is 0.273 e. The van der Waals surface area contributed by atoms with E-state index in [9.17, 15) is 14.4 Å². The Morgan fingerprint density at radius 2 is 2.23 bits per heavy atom. The fourth-order valence-corrected chi connectivity index (χ4v) is 2.01. The summed E-state index contributed by atoms with van der Waals surface area (Å²) in [7, 11) is 0. The average Bonchev–Trinajstić information content (AvgIpc) is 2.46. The van der Waals surface area contributed by atoms with Crippen molar-refractivity contribution in [3.63, 3.8) is 0 Å². The Balaban J connectivity index is 1.85. The monoisotopic (exact) mass is 365 g/mol. The number of hydrogen-bond donors (Lipinski definition) is 3. The molecule has 0 saturated heterocycles. The average molecular weight is 366 g/mol. The van der Waals surface area contributed by atoms with Crippen LogP contribution in [0.15, 0.2) is 43.4 Å². The summed E-state index contributed by atoms with van der Waals surface area (Å²) >= 11 is 3.33. The molecule has 2 aromatic rings. The lowest BCUT2D eigenvalue weighted by molar-refractivity contribution is -0.121. The summed E-state index contributed by atoms with van der Waals surface area (Å²) < 4.78 is 0.908. The van der Waals surface area contributed by atoms with E-state index in [4.69, 9.17) is 0 Å². The Morgan fingerprint density at radius 3 is 2.95 bits per heavy atom. The van der Waals surface area contributed by atoms with Gasteiger partial charge in [0.2, 0.25) is 5.91 Å². The number of carbonyl (C=O) groups excluding carboxylic acids is 1. The van der Waals surface area contributed by atoms with Crippen molar-refractivity contribution >= 4 is 28.1 Å². The van der Waals surface area contributed by atoms with Crippen molar-refractivity contribution in [1.29, 1.82) is 0 Å². The predicted octanol–water partition coefficient (Wildman–Crippen LogP) is 0.304. The Bertz CT molecular complexity index is 812. The number of H-pyrrole nitrogens is 2. The van der Waals surface area contributed by atoms with E-state index >= 15 is 0 Å². The first-order chi connectivity index (χ1) is 10.5. The highest BCUT2D eigenvalue weighted by Gasteiger charge is 2.06. The number of carbonyl (C=O) groups is 1. The third-order valence-corrected chi connectivity index (χ3v) is 3.12. The lowest BCUT2D eigenvalue weighted by atomic mass is 10.2. The van der Waals surface area contributed by atoms with Crippen molar-refractivity contribution in [3.05, 3.63) is 60.8 Å². The van der Waals surface area contributed by atoms with Crippen LogP contribution in [0, 0.1) is 0 Å². The zero-order valence-electron chi connectivity index (χ0n) is 11.3. The van der Waals surface area contributed by atoms with Crippen LogP contribution < -0.4 is 16.7 Å². The quantitative estimate of drug-likeness (QED) is 0.521. The van der Waals surface area contributed by atoms with Gasteiger partial charge in [0.05, 0.1) is 6.21 Å². The number of amides is 1. The number of halogens is 1. The SMILES string of the molecule is O=C(CCc1n[nH]c(=O)[nH]c1=O)N/N=C/c1cccc(Br)c1. The van der Waals surface area contributed by atoms with Crippen LogP contribution in [0.25, 0.3) is 0 Å². The van der Waals surface area contributed by atoms with Crippen LogP contribution in [0.2, 0.25) is 0 Å². The third-order valence-electron chi connectivity index (χ3n) is 2.62. The standard InChI is InChI=1S/C13H12BrN5O3/c14-9-3-1-2-8(6-9)7-15-18-11(20)5-4-10-12(21)16-13(22)19-17-10/h1-3,6-7H,4-5H2,(H,18,20)(H2,16,19,21,22)/b15-7+. The zero-order valence-corrected chi connectivity index (χ0v) is 12.9. The van der Waals surface area contributed by atoms with Gasteiger partial charge in [-0.3, -0.25) is 14.6 Å². The highest BCUT2D eigenvalue weighted by Crippen LogP contribution is 2.09. The molecule has 1 aromatic carbocycles. The predicted molar refractivity (Wildman–Crippen MR) is 83.7 cm³/mol. The maximum Gasteiger partial charge on any atom is 0.342 e. The first kappa shape index (κ1) is 15.8. The van der Waals surface area contributed by atoms with Gasteiger partial charge in [0.1, 0.15) is 5.69 Å². The van der Waals surface area contributed by atoms with E-state index in [1.807, 2.05) is 29.2 Å². The molecule has 0 aliphatic rings. The number of rotatable bonds is 5. The van der Waals surface area contributed by atoms with Gasteiger partial charge in [-0.25, -0.2) is 15.3 Å².